The smallest absolute Gasteiger partial charge is 0.231 e. The zero-order chi connectivity index (χ0) is 11.7. The van der Waals surface area contributed by atoms with E-state index in [2.05, 4.69) is 6.07 Å². The van der Waals surface area contributed by atoms with Crippen molar-refractivity contribution in [1.29, 1.82) is 5.26 Å². The molecule has 1 aromatic carbocycles. The summed E-state index contributed by atoms with van der Waals surface area (Å²) in [5.41, 5.74) is 3.03. The lowest BCUT2D eigenvalue weighted by atomic mass is 9.95. The van der Waals surface area contributed by atoms with Gasteiger partial charge in [0.1, 0.15) is 0 Å². The lowest BCUT2D eigenvalue weighted by molar-refractivity contribution is -0.117. The van der Waals surface area contributed by atoms with Gasteiger partial charge in [0.15, 0.2) is 0 Å². The summed E-state index contributed by atoms with van der Waals surface area (Å²) in [5.74, 6) is 0.0588. The molecule has 0 fully saturated rings. The Morgan fingerprint density at radius 3 is 2.94 bits per heavy atom. The number of carbonyl (C=O) groups is 1. The third-order valence-electron chi connectivity index (χ3n) is 3.15. The summed E-state index contributed by atoms with van der Waals surface area (Å²) in [6.45, 7) is 2.00. The second-order valence-corrected chi connectivity index (χ2v) is 4.11. The fraction of sp³-hybridized carbons (Fsp3) is 0.385. The largest absolute Gasteiger partial charge is 0.315 e. The Morgan fingerprint density at radius 2 is 2.31 bits per heavy atom. The highest BCUT2D eigenvalue weighted by Gasteiger charge is 2.24. The van der Waals surface area contributed by atoms with Crippen molar-refractivity contribution in [3.8, 4) is 6.07 Å². The number of carbonyl (C=O) groups excluding carboxylic acids is 1. The van der Waals surface area contributed by atoms with Crippen LogP contribution in [0.1, 0.15) is 30.4 Å². The Labute approximate surface area is 95.3 Å². The van der Waals surface area contributed by atoms with E-state index in [4.69, 9.17) is 5.26 Å². The lowest BCUT2D eigenvalue weighted by Crippen LogP contribution is -2.20. The van der Waals surface area contributed by atoms with E-state index in [1.165, 1.54) is 0 Å². The van der Waals surface area contributed by atoms with Crippen molar-refractivity contribution in [2.75, 3.05) is 11.9 Å². The third-order valence-corrected chi connectivity index (χ3v) is 3.15. The first kappa shape index (κ1) is 10.7. The number of nitrogens with zero attached hydrogens (tertiary/aromatic N) is 2. The highest BCUT2D eigenvalue weighted by atomic mass is 16.2. The Kier molecular flexibility index (Phi) is 2.66. The van der Waals surface area contributed by atoms with Crippen molar-refractivity contribution >= 4 is 11.6 Å². The average molecular weight is 214 g/mol. The van der Waals surface area contributed by atoms with Crippen LogP contribution in [0, 0.1) is 11.3 Å². The topological polar surface area (TPSA) is 44.1 Å². The van der Waals surface area contributed by atoms with E-state index < -0.39 is 0 Å². The number of hydrogen-bond acceptors (Lipinski definition) is 2. The van der Waals surface area contributed by atoms with E-state index in [0.717, 1.165) is 23.2 Å². The van der Waals surface area contributed by atoms with Crippen molar-refractivity contribution in [1.82, 2.24) is 0 Å². The molecule has 0 aliphatic carbocycles. The molecule has 16 heavy (non-hydrogen) atoms. The van der Waals surface area contributed by atoms with E-state index in [1.54, 1.807) is 11.9 Å². The molecule has 0 saturated carbocycles. The number of amides is 1. The molecule has 3 nitrogen and oxygen atoms in total. The zero-order valence-electron chi connectivity index (χ0n) is 9.53. The third kappa shape index (κ3) is 1.57. The summed E-state index contributed by atoms with van der Waals surface area (Å²) in [4.78, 5) is 13.2. The fourth-order valence-corrected chi connectivity index (χ4v) is 2.11. The molecular formula is C13H14N2O. The highest BCUT2D eigenvalue weighted by Crippen LogP contribution is 2.31. The number of likely N-dealkylation sites (N-methyl/N-ethyl adjacent to an activating group) is 1. The molecule has 1 atom stereocenters. The van der Waals surface area contributed by atoms with Crippen LogP contribution in [0.4, 0.5) is 5.69 Å². The molecular weight excluding hydrogens is 200 g/mol. The van der Waals surface area contributed by atoms with E-state index >= 15 is 0 Å². The van der Waals surface area contributed by atoms with Crippen molar-refractivity contribution in [2.45, 2.75) is 25.7 Å². The van der Waals surface area contributed by atoms with Crippen molar-refractivity contribution in [3.63, 3.8) is 0 Å². The molecule has 1 heterocycles. The first-order valence-electron chi connectivity index (χ1n) is 5.46. The van der Waals surface area contributed by atoms with Gasteiger partial charge in [0.05, 0.1) is 18.4 Å². The van der Waals surface area contributed by atoms with Crippen LogP contribution in [-0.4, -0.2) is 13.0 Å². The number of anilines is 1. The van der Waals surface area contributed by atoms with E-state index in [1.807, 2.05) is 25.1 Å². The Morgan fingerprint density at radius 1 is 1.56 bits per heavy atom. The van der Waals surface area contributed by atoms with Crippen LogP contribution in [-0.2, 0) is 11.2 Å². The summed E-state index contributed by atoms with van der Waals surface area (Å²) in [7, 11) is 1.79. The summed E-state index contributed by atoms with van der Waals surface area (Å²) < 4.78 is 0. The predicted octanol–water partition coefficient (Wildman–Crippen LogP) is 2.22. The first-order chi connectivity index (χ1) is 7.67. The minimum absolute atomic E-state index is 0.0636. The lowest BCUT2D eigenvalue weighted by Gasteiger charge is -2.12. The standard InChI is InChI=1S/C13H14N2O/c1-3-9(8-14)10-4-5-12-11(6-10)7-13(16)15(12)2/h4-6,9H,3,7H2,1-2H3. The van der Waals surface area contributed by atoms with Gasteiger partial charge in [-0.25, -0.2) is 0 Å². The normalized spacial score (nSPS) is 15.8. The second-order valence-electron chi connectivity index (χ2n) is 4.11. The minimum Gasteiger partial charge on any atom is -0.315 e. The van der Waals surface area contributed by atoms with Crippen molar-refractivity contribution < 1.29 is 4.79 Å². The van der Waals surface area contributed by atoms with Crippen LogP contribution in [0.15, 0.2) is 18.2 Å². The maximum Gasteiger partial charge on any atom is 0.231 e. The van der Waals surface area contributed by atoms with Crippen LogP contribution in [0.25, 0.3) is 0 Å². The molecule has 82 valence electrons. The number of fused-ring (bicyclic) bond motifs is 1. The summed E-state index contributed by atoms with van der Waals surface area (Å²) in [5, 5.41) is 9.00. The molecule has 1 aliphatic heterocycles. The van der Waals surface area contributed by atoms with Gasteiger partial charge < -0.3 is 4.90 Å². The van der Waals surface area contributed by atoms with E-state index in [0.29, 0.717) is 6.42 Å². The first-order valence-corrected chi connectivity index (χ1v) is 5.46. The summed E-state index contributed by atoms with van der Waals surface area (Å²) in [6.07, 6.45) is 1.26. The molecule has 3 heteroatoms. The molecule has 2 rings (SSSR count). The molecule has 0 bridgehead atoms. The zero-order valence-corrected chi connectivity index (χ0v) is 9.53. The SMILES string of the molecule is CCC(C#N)c1ccc2c(c1)CC(=O)N2C. The summed E-state index contributed by atoms with van der Waals surface area (Å²) in [6, 6.07) is 8.17. The van der Waals surface area contributed by atoms with E-state index in [-0.39, 0.29) is 11.8 Å². The molecule has 0 spiro atoms. The van der Waals surface area contributed by atoms with Gasteiger partial charge in [0.2, 0.25) is 5.91 Å². The molecule has 0 N–H and O–H groups in total. The molecule has 1 aliphatic rings. The van der Waals surface area contributed by atoms with Gasteiger partial charge in [-0.1, -0.05) is 19.1 Å². The Balaban J connectivity index is 2.39. The van der Waals surface area contributed by atoms with Gasteiger partial charge in [-0.3, -0.25) is 4.79 Å². The average Bonchev–Trinajstić information content (AvgIpc) is 2.56. The van der Waals surface area contributed by atoms with Gasteiger partial charge in [-0.2, -0.15) is 5.26 Å². The molecule has 1 amide bonds. The Hall–Kier alpha value is -1.82. The number of nitriles is 1. The maximum absolute atomic E-state index is 11.5. The van der Waals surface area contributed by atoms with E-state index in [9.17, 15) is 4.79 Å². The van der Waals surface area contributed by atoms with Crippen LogP contribution in [0.5, 0.6) is 0 Å². The van der Waals surface area contributed by atoms with Gasteiger partial charge in [0, 0.05) is 12.7 Å². The monoisotopic (exact) mass is 214 g/mol. The molecule has 1 unspecified atom stereocenters. The van der Waals surface area contributed by atoms with Crippen LogP contribution < -0.4 is 4.90 Å². The van der Waals surface area contributed by atoms with Gasteiger partial charge in [-0.05, 0) is 23.6 Å². The van der Waals surface area contributed by atoms with Crippen molar-refractivity contribution in [2.24, 2.45) is 0 Å². The number of benzene rings is 1. The van der Waals surface area contributed by atoms with Gasteiger partial charge in [-0.15, -0.1) is 0 Å². The second kappa shape index (κ2) is 3.97. The molecule has 0 radical (unpaired) electrons. The molecule has 0 saturated heterocycles. The quantitative estimate of drug-likeness (QED) is 0.757. The maximum atomic E-state index is 11.5. The van der Waals surface area contributed by atoms with Gasteiger partial charge >= 0.3 is 0 Å². The summed E-state index contributed by atoms with van der Waals surface area (Å²) >= 11 is 0. The molecule has 0 aromatic heterocycles. The Bertz CT molecular complexity index is 473. The molecule has 1 aromatic rings. The van der Waals surface area contributed by atoms with Gasteiger partial charge in [0.25, 0.3) is 0 Å². The fourth-order valence-electron chi connectivity index (χ4n) is 2.11. The van der Waals surface area contributed by atoms with Crippen molar-refractivity contribution in [3.05, 3.63) is 29.3 Å². The van der Waals surface area contributed by atoms with Crippen LogP contribution in [0.2, 0.25) is 0 Å². The van der Waals surface area contributed by atoms with Crippen LogP contribution in [0.3, 0.4) is 0 Å². The number of hydrogen-bond donors (Lipinski definition) is 0. The predicted molar refractivity (Wildman–Crippen MR) is 62.2 cm³/mol. The number of rotatable bonds is 2. The minimum atomic E-state index is -0.0636. The highest BCUT2D eigenvalue weighted by molar-refractivity contribution is 6.00. The van der Waals surface area contributed by atoms with Crippen LogP contribution >= 0.6 is 0 Å².